The lowest BCUT2D eigenvalue weighted by Crippen LogP contribution is -2.14. The molecule has 0 amide bonds. The third-order valence-corrected chi connectivity index (χ3v) is 3.62. The Morgan fingerprint density at radius 1 is 1.56 bits per heavy atom. The summed E-state index contributed by atoms with van der Waals surface area (Å²) in [5.41, 5.74) is 0.602. The molecule has 2 aromatic heterocycles. The molecule has 18 heavy (non-hydrogen) atoms. The van der Waals surface area contributed by atoms with Crippen LogP contribution in [0.25, 0.3) is 0 Å². The van der Waals surface area contributed by atoms with Crippen LogP contribution in [0.4, 0.5) is 5.82 Å². The summed E-state index contributed by atoms with van der Waals surface area (Å²) in [4.78, 5) is 9.44. The lowest BCUT2D eigenvalue weighted by molar-refractivity contribution is 0.129. The number of aliphatic hydroxyl groups is 1. The van der Waals surface area contributed by atoms with Gasteiger partial charge in [-0.1, -0.05) is 17.4 Å². The van der Waals surface area contributed by atoms with Crippen molar-refractivity contribution in [2.24, 2.45) is 4.99 Å². The Morgan fingerprint density at radius 3 is 3.11 bits per heavy atom. The molecular weight excluding hydrogens is 318 g/mol. The van der Waals surface area contributed by atoms with Crippen LogP contribution in [0.1, 0.15) is 5.69 Å². The highest BCUT2D eigenvalue weighted by Gasteiger charge is 2.01. The predicted molar refractivity (Wildman–Crippen MR) is 72.4 cm³/mol. The molecule has 1 N–H and O–H groups in total. The highest BCUT2D eigenvalue weighted by atomic mass is 79.9. The maximum atomic E-state index is 9.04. The first-order chi connectivity index (χ1) is 8.72. The summed E-state index contributed by atoms with van der Waals surface area (Å²) < 4.78 is 7.94. The monoisotopic (exact) mass is 329 g/mol. The summed E-state index contributed by atoms with van der Waals surface area (Å²) >= 11 is 4.91. The van der Waals surface area contributed by atoms with Crippen LogP contribution in [0.5, 0.6) is 0 Å². The normalized spacial score (nSPS) is 12.1. The molecule has 0 spiro atoms. The number of aliphatic hydroxyl groups excluding tert-OH is 1. The van der Waals surface area contributed by atoms with Crippen LogP contribution in [-0.4, -0.2) is 21.8 Å². The van der Waals surface area contributed by atoms with Gasteiger partial charge < -0.3 is 9.84 Å². The van der Waals surface area contributed by atoms with Gasteiger partial charge in [0.05, 0.1) is 16.1 Å². The Bertz CT molecular complexity index is 594. The second kappa shape index (κ2) is 6.24. The molecule has 0 radical (unpaired) electrons. The van der Waals surface area contributed by atoms with Crippen LogP contribution in [0.3, 0.4) is 0 Å². The van der Waals surface area contributed by atoms with E-state index >= 15 is 0 Å². The van der Waals surface area contributed by atoms with Gasteiger partial charge >= 0.3 is 0 Å². The minimum atomic E-state index is -0.0877. The Hall–Kier alpha value is -1.02. The van der Waals surface area contributed by atoms with Crippen molar-refractivity contribution in [3.63, 3.8) is 0 Å². The average Bonchev–Trinajstić information content (AvgIpc) is 2.70. The van der Waals surface area contributed by atoms with Gasteiger partial charge in [-0.2, -0.15) is 0 Å². The van der Waals surface area contributed by atoms with E-state index in [1.54, 1.807) is 19.2 Å². The Balaban J connectivity index is 2.42. The number of halogens is 1. The SMILES string of the molecule is COCn1cc(Br)sc1=Nc1cccc(CO)n1. The molecule has 2 aromatic rings. The second-order valence-electron chi connectivity index (χ2n) is 3.46. The predicted octanol–water partition coefficient (Wildman–Crippen LogP) is 2.04. The van der Waals surface area contributed by atoms with Crippen molar-refractivity contribution in [1.82, 2.24) is 9.55 Å². The standard InChI is InChI=1S/C11H12BrN3O2S/c1-17-7-15-5-9(12)18-11(15)14-10-4-2-3-8(6-16)13-10/h2-5,16H,6-7H2,1H3. The number of methoxy groups -OCH3 is 1. The average molecular weight is 330 g/mol. The molecule has 2 rings (SSSR count). The van der Waals surface area contributed by atoms with E-state index in [1.807, 2.05) is 16.8 Å². The Morgan fingerprint density at radius 2 is 2.39 bits per heavy atom. The zero-order valence-corrected chi connectivity index (χ0v) is 12.1. The number of hydrogen-bond donors (Lipinski definition) is 1. The molecule has 2 heterocycles. The number of hydrogen-bond acceptors (Lipinski definition) is 5. The third kappa shape index (κ3) is 3.26. The van der Waals surface area contributed by atoms with Crippen molar-refractivity contribution in [1.29, 1.82) is 0 Å². The number of thiazole rings is 1. The smallest absolute Gasteiger partial charge is 0.194 e. The lowest BCUT2D eigenvalue weighted by Gasteiger charge is -2.00. The van der Waals surface area contributed by atoms with Crippen molar-refractivity contribution >= 4 is 33.1 Å². The molecule has 0 aliphatic rings. The number of pyridine rings is 1. The van der Waals surface area contributed by atoms with E-state index in [-0.39, 0.29) is 6.61 Å². The van der Waals surface area contributed by atoms with E-state index in [2.05, 4.69) is 25.9 Å². The van der Waals surface area contributed by atoms with E-state index in [4.69, 9.17) is 9.84 Å². The molecule has 0 saturated heterocycles. The fourth-order valence-electron chi connectivity index (χ4n) is 1.38. The van der Waals surface area contributed by atoms with Crippen molar-refractivity contribution < 1.29 is 9.84 Å². The zero-order valence-electron chi connectivity index (χ0n) is 9.71. The minimum absolute atomic E-state index is 0.0877. The summed E-state index contributed by atoms with van der Waals surface area (Å²) in [5, 5.41) is 9.04. The highest BCUT2D eigenvalue weighted by Crippen LogP contribution is 2.14. The molecule has 0 aliphatic carbocycles. The number of nitrogens with zero attached hydrogens (tertiary/aromatic N) is 3. The summed E-state index contributed by atoms with van der Waals surface area (Å²) in [6.07, 6.45) is 1.91. The van der Waals surface area contributed by atoms with Crippen LogP contribution in [-0.2, 0) is 18.1 Å². The summed E-state index contributed by atoms with van der Waals surface area (Å²) in [5.74, 6) is 0.570. The lowest BCUT2D eigenvalue weighted by atomic mass is 10.3. The van der Waals surface area contributed by atoms with Crippen LogP contribution in [0.15, 0.2) is 33.2 Å². The maximum Gasteiger partial charge on any atom is 0.194 e. The van der Waals surface area contributed by atoms with E-state index in [0.717, 1.165) is 8.59 Å². The number of ether oxygens (including phenoxy) is 1. The molecule has 0 unspecified atom stereocenters. The molecule has 0 atom stereocenters. The summed E-state index contributed by atoms with van der Waals surface area (Å²) in [6.45, 7) is 0.343. The summed E-state index contributed by atoms with van der Waals surface area (Å²) in [6, 6.07) is 5.37. The molecule has 5 nitrogen and oxygen atoms in total. The van der Waals surface area contributed by atoms with Crippen LogP contribution >= 0.6 is 27.3 Å². The summed E-state index contributed by atoms with van der Waals surface area (Å²) in [7, 11) is 1.63. The molecule has 7 heteroatoms. The van der Waals surface area contributed by atoms with Crippen LogP contribution in [0.2, 0.25) is 0 Å². The van der Waals surface area contributed by atoms with Crippen LogP contribution in [0, 0.1) is 0 Å². The van der Waals surface area contributed by atoms with E-state index in [1.165, 1.54) is 11.3 Å². The van der Waals surface area contributed by atoms with Gasteiger partial charge in [-0.3, -0.25) is 4.57 Å². The second-order valence-corrected chi connectivity index (χ2v) is 5.85. The quantitative estimate of drug-likeness (QED) is 0.933. The van der Waals surface area contributed by atoms with Gasteiger partial charge in [-0.15, -0.1) is 0 Å². The van der Waals surface area contributed by atoms with Gasteiger partial charge in [-0.25, -0.2) is 9.98 Å². The Labute approximate surface area is 117 Å². The molecule has 0 aromatic carbocycles. The van der Waals surface area contributed by atoms with Gasteiger partial charge in [0.25, 0.3) is 0 Å². The first kappa shape index (κ1) is 13.4. The third-order valence-electron chi connectivity index (χ3n) is 2.12. The van der Waals surface area contributed by atoms with Crippen molar-refractivity contribution in [3.05, 3.63) is 38.7 Å². The van der Waals surface area contributed by atoms with Gasteiger partial charge in [-0.05, 0) is 28.1 Å². The molecule has 0 bridgehead atoms. The van der Waals surface area contributed by atoms with E-state index in [0.29, 0.717) is 18.2 Å². The molecule has 96 valence electrons. The van der Waals surface area contributed by atoms with Crippen molar-refractivity contribution in [3.8, 4) is 0 Å². The maximum absolute atomic E-state index is 9.04. The Kier molecular flexibility index (Phi) is 4.65. The topological polar surface area (TPSA) is 59.6 Å². The van der Waals surface area contributed by atoms with Gasteiger partial charge in [0.2, 0.25) is 0 Å². The van der Waals surface area contributed by atoms with Crippen molar-refractivity contribution in [2.45, 2.75) is 13.3 Å². The van der Waals surface area contributed by atoms with Crippen molar-refractivity contribution in [2.75, 3.05) is 7.11 Å². The largest absolute Gasteiger partial charge is 0.390 e. The first-order valence-electron chi connectivity index (χ1n) is 5.19. The molecule has 0 fully saturated rings. The molecule has 0 saturated carbocycles. The highest BCUT2D eigenvalue weighted by molar-refractivity contribution is 9.11. The molecular formula is C11H12BrN3O2S. The van der Waals surface area contributed by atoms with E-state index < -0.39 is 0 Å². The minimum Gasteiger partial charge on any atom is -0.390 e. The first-order valence-corrected chi connectivity index (χ1v) is 6.80. The van der Waals surface area contributed by atoms with Crippen LogP contribution < -0.4 is 4.80 Å². The zero-order chi connectivity index (χ0) is 13.0. The molecule has 0 aliphatic heterocycles. The fourth-order valence-corrected chi connectivity index (χ4v) is 2.78. The van der Waals surface area contributed by atoms with Gasteiger partial charge in [0, 0.05) is 13.3 Å². The fraction of sp³-hybridized carbons (Fsp3) is 0.273. The van der Waals surface area contributed by atoms with Gasteiger partial charge in [0.15, 0.2) is 10.6 Å². The van der Waals surface area contributed by atoms with E-state index in [9.17, 15) is 0 Å². The number of aromatic nitrogens is 2. The van der Waals surface area contributed by atoms with Gasteiger partial charge in [0.1, 0.15) is 6.73 Å². The number of rotatable bonds is 4.